The minimum absolute atomic E-state index is 0.110. The molecule has 0 aliphatic heterocycles. The van der Waals surface area contributed by atoms with E-state index in [1.165, 1.54) is 25.3 Å². The fourth-order valence-electron chi connectivity index (χ4n) is 1.25. The van der Waals surface area contributed by atoms with Crippen molar-refractivity contribution in [3.05, 3.63) is 33.9 Å². The van der Waals surface area contributed by atoms with Crippen LogP contribution in [0.15, 0.2) is 18.2 Å². The van der Waals surface area contributed by atoms with Crippen molar-refractivity contribution in [2.75, 3.05) is 20.3 Å². The van der Waals surface area contributed by atoms with Gasteiger partial charge in [0.2, 0.25) is 0 Å². The van der Waals surface area contributed by atoms with Gasteiger partial charge >= 0.3 is 0 Å². The number of aliphatic hydroxyl groups is 1. The smallest absolute Gasteiger partial charge is 0.273 e. The first-order valence-electron chi connectivity index (χ1n) is 4.81. The van der Waals surface area contributed by atoms with E-state index in [4.69, 9.17) is 9.84 Å². The molecule has 7 heteroatoms. The van der Waals surface area contributed by atoms with E-state index in [-0.39, 0.29) is 30.2 Å². The third-order valence-corrected chi connectivity index (χ3v) is 2.04. The normalized spacial score (nSPS) is 9.76. The maximum atomic E-state index is 11.6. The molecule has 2 N–H and O–H groups in total. The summed E-state index contributed by atoms with van der Waals surface area (Å²) in [6, 6.07) is 3.70. The third kappa shape index (κ3) is 3.15. The summed E-state index contributed by atoms with van der Waals surface area (Å²) in [6.07, 6.45) is 0. The van der Waals surface area contributed by atoms with Gasteiger partial charge in [-0.3, -0.25) is 14.9 Å². The van der Waals surface area contributed by atoms with Crippen LogP contribution in [-0.4, -0.2) is 36.2 Å². The molecule has 1 aromatic carbocycles. The van der Waals surface area contributed by atoms with Gasteiger partial charge in [0.15, 0.2) is 0 Å². The zero-order valence-corrected chi connectivity index (χ0v) is 9.17. The van der Waals surface area contributed by atoms with Gasteiger partial charge in [0, 0.05) is 12.6 Å². The number of nitro groups is 1. The second-order valence-electron chi connectivity index (χ2n) is 3.12. The summed E-state index contributed by atoms with van der Waals surface area (Å²) in [4.78, 5) is 21.6. The van der Waals surface area contributed by atoms with Crippen molar-refractivity contribution in [1.29, 1.82) is 0 Å². The summed E-state index contributed by atoms with van der Waals surface area (Å²) >= 11 is 0. The number of rotatable bonds is 5. The predicted octanol–water partition coefficient (Wildman–Crippen LogP) is 0.325. The Morgan fingerprint density at radius 3 is 2.82 bits per heavy atom. The molecule has 0 bridgehead atoms. The Morgan fingerprint density at radius 2 is 2.29 bits per heavy atom. The van der Waals surface area contributed by atoms with Crippen molar-refractivity contribution >= 4 is 11.6 Å². The highest BCUT2D eigenvalue weighted by Crippen LogP contribution is 2.24. The van der Waals surface area contributed by atoms with Crippen LogP contribution in [0.25, 0.3) is 0 Å². The van der Waals surface area contributed by atoms with Gasteiger partial charge in [0.05, 0.1) is 30.3 Å². The van der Waals surface area contributed by atoms with Crippen LogP contribution in [0.4, 0.5) is 5.69 Å². The summed E-state index contributed by atoms with van der Waals surface area (Å²) in [5, 5.41) is 21.5. The Hall–Kier alpha value is -2.15. The second-order valence-corrected chi connectivity index (χ2v) is 3.12. The first-order valence-corrected chi connectivity index (χ1v) is 4.81. The van der Waals surface area contributed by atoms with Crippen LogP contribution in [0.2, 0.25) is 0 Å². The molecule has 0 atom stereocenters. The molecule has 0 unspecified atom stereocenters. The second kappa shape index (κ2) is 5.80. The van der Waals surface area contributed by atoms with Crippen molar-refractivity contribution in [1.82, 2.24) is 5.32 Å². The Bertz CT molecular complexity index is 433. The number of carbonyl (C=O) groups is 1. The molecule has 0 aliphatic carbocycles. The number of hydrogen-bond acceptors (Lipinski definition) is 5. The van der Waals surface area contributed by atoms with E-state index in [1.54, 1.807) is 0 Å². The first kappa shape index (κ1) is 12.9. The Labute approximate surface area is 97.2 Å². The molecular weight excluding hydrogens is 228 g/mol. The number of methoxy groups -OCH3 is 1. The number of amides is 1. The number of nitrogens with one attached hydrogen (secondary N) is 1. The molecule has 92 valence electrons. The van der Waals surface area contributed by atoms with Gasteiger partial charge in [0.25, 0.3) is 11.6 Å². The molecule has 0 spiro atoms. The molecule has 1 rings (SSSR count). The zero-order valence-electron chi connectivity index (χ0n) is 9.17. The summed E-state index contributed by atoms with van der Waals surface area (Å²) in [7, 11) is 1.32. The van der Waals surface area contributed by atoms with Crippen LogP contribution in [0.5, 0.6) is 5.75 Å². The number of non-ortho nitro benzene ring substituents is 1. The van der Waals surface area contributed by atoms with Gasteiger partial charge in [-0.05, 0) is 6.07 Å². The maximum absolute atomic E-state index is 11.6. The number of benzene rings is 1. The Morgan fingerprint density at radius 1 is 1.59 bits per heavy atom. The van der Waals surface area contributed by atoms with E-state index in [2.05, 4.69) is 5.32 Å². The number of carbonyl (C=O) groups excluding carboxylic acids is 1. The number of nitrogens with zero attached hydrogens (tertiary/aromatic N) is 1. The molecule has 0 aliphatic rings. The van der Waals surface area contributed by atoms with Gasteiger partial charge in [-0.25, -0.2) is 0 Å². The largest absolute Gasteiger partial charge is 0.496 e. The van der Waals surface area contributed by atoms with Crippen molar-refractivity contribution in [3.8, 4) is 5.75 Å². The third-order valence-electron chi connectivity index (χ3n) is 2.04. The minimum atomic E-state index is -0.572. The van der Waals surface area contributed by atoms with Crippen LogP contribution in [0.1, 0.15) is 10.4 Å². The first-order chi connectivity index (χ1) is 8.10. The molecule has 1 amide bonds. The van der Waals surface area contributed by atoms with E-state index in [9.17, 15) is 14.9 Å². The Kier molecular flexibility index (Phi) is 4.41. The van der Waals surface area contributed by atoms with Crippen molar-refractivity contribution in [3.63, 3.8) is 0 Å². The number of nitro benzene ring substituents is 1. The predicted molar refractivity (Wildman–Crippen MR) is 59.1 cm³/mol. The van der Waals surface area contributed by atoms with Crippen LogP contribution < -0.4 is 10.1 Å². The molecule has 0 saturated heterocycles. The minimum Gasteiger partial charge on any atom is -0.496 e. The van der Waals surface area contributed by atoms with Gasteiger partial charge in [-0.1, -0.05) is 0 Å². The van der Waals surface area contributed by atoms with E-state index in [0.29, 0.717) is 0 Å². The topological polar surface area (TPSA) is 102 Å². The van der Waals surface area contributed by atoms with Gasteiger partial charge < -0.3 is 15.2 Å². The average molecular weight is 240 g/mol. The van der Waals surface area contributed by atoms with E-state index in [0.717, 1.165) is 0 Å². The summed E-state index contributed by atoms with van der Waals surface area (Å²) < 4.78 is 4.91. The van der Waals surface area contributed by atoms with E-state index < -0.39 is 10.8 Å². The summed E-state index contributed by atoms with van der Waals surface area (Å²) in [6.45, 7) is -0.0694. The highest BCUT2D eigenvalue weighted by atomic mass is 16.6. The van der Waals surface area contributed by atoms with E-state index in [1.807, 2.05) is 0 Å². The van der Waals surface area contributed by atoms with Crippen molar-refractivity contribution in [2.45, 2.75) is 0 Å². The van der Waals surface area contributed by atoms with Crippen LogP contribution >= 0.6 is 0 Å². The monoisotopic (exact) mass is 240 g/mol. The number of hydrogen-bond donors (Lipinski definition) is 2. The molecule has 1 aromatic rings. The average Bonchev–Trinajstić information content (AvgIpc) is 2.34. The summed E-state index contributed by atoms with van der Waals surface area (Å²) in [5.41, 5.74) is 0.0344. The molecule has 0 fully saturated rings. The summed E-state index contributed by atoms with van der Waals surface area (Å²) in [5.74, 6) is -0.333. The zero-order chi connectivity index (χ0) is 12.8. The lowest BCUT2D eigenvalue weighted by Gasteiger charge is -2.08. The standard InChI is InChI=1S/C10H12N2O5/c1-17-9-6-7(12(15)16)2-3-8(9)10(14)11-4-5-13/h2-3,6,13H,4-5H2,1H3,(H,11,14). The quantitative estimate of drug-likeness (QED) is 0.570. The number of aliphatic hydroxyl groups excluding tert-OH is 1. The Balaban J connectivity index is 3.00. The van der Waals surface area contributed by atoms with Crippen LogP contribution in [-0.2, 0) is 0 Å². The van der Waals surface area contributed by atoms with Crippen LogP contribution in [0, 0.1) is 10.1 Å². The van der Waals surface area contributed by atoms with E-state index >= 15 is 0 Å². The molecule has 17 heavy (non-hydrogen) atoms. The molecule has 7 nitrogen and oxygen atoms in total. The SMILES string of the molecule is COc1cc([N+](=O)[O-])ccc1C(=O)NCCO. The highest BCUT2D eigenvalue weighted by molar-refractivity contribution is 5.97. The van der Waals surface area contributed by atoms with Gasteiger partial charge in [-0.15, -0.1) is 0 Å². The molecule has 0 aromatic heterocycles. The van der Waals surface area contributed by atoms with Crippen LogP contribution in [0.3, 0.4) is 0 Å². The molecule has 0 heterocycles. The fourth-order valence-corrected chi connectivity index (χ4v) is 1.25. The highest BCUT2D eigenvalue weighted by Gasteiger charge is 2.16. The molecule has 0 saturated carbocycles. The molecular formula is C10H12N2O5. The lowest BCUT2D eigenvalue weighted by Crippen LogP contribution is -2.26. The number of ether oxygens (including phenoxy) is 1. The van der Waals surface area contributed by atoms with Gasteiger partial charge in [-0.2, -0.15) is 0 Å². The van der Waals surface area contributed by atoms with Crippen molar-refractivity contribution < 1.29 is 19.6 Å². The maximum Gasteiger partial charge on any atom is 0.273 e. The fraction of sp³-hybridized carbons (Fsp3) is 0.300. The lowest BCUT2D eigenvalue weighted by atomic mass is 10.1. The van der Waals surface area contributed by atoms with Gasteiger partial charge in [0.1, 0.15) is 5.75 Å². The molecule has 0 radical (unpaired) electrons. The lowest BCUT2D eigenvalue weighted by molar-refractivity contribution is -0.384. The van der Waals surface area contributed by atoms with Crippen molar-refractivity contribution in [2.24, 2.45) is 0 Å².